The van der Waals surface area contributed by atoms with E-state index in [1.54, 1.807) is 0 Å². The number of carbonyl (C=O) groups is 1. The first-order chi connectivity index (χ1) is 12.3. The summed E-state index contributed by atoms with van der Waals surface area (Å²) in [6, 6.07) is 7.63. The van der Waals surface area contributed by atoms with Crippen LogP contribution in [0.4, 0.5) is 0 Å². The summed E-state index contributed by atoms with van der Waals surface area (Å²) in [5.74, 6) is 5.50. The van der Waals surface area contributed by atoms with Crippen LogP contribution in [0.2, 0.25) is 5.02 Å². The Morgan fingerprint density at radius 2 is 2.04 bits per heavy atom. The van der Waals surface area contributed by atoms with Crippen LogP contribution in [-0.4, -0.2) is 51.2 Å². The third-order valence-electron chi connectivity index (χ3n) is 5.04. The molecule has 2 aliphatic rings. The molecule has 0 aliphatic carbocycles. The molecule has 0 N–H and O–H groups in total. The van der Waals surface area contributed by atoms with Crippen LogP contribution in [0.25, 0.3) is 0 Å². The van der Waals surface area contributed by atoms with Crippen LogP contribution in [0, 0.1) is 5.92 Å². The smallest absolute Gasteiger partial charge is 0.252 e. The van der Waals surface area contributed by atoms with Crippen molar-refractivity contribution in [2.75, 3.05) is 24.6 Å². The molecule has 0 aromatic heterocycles. The van der Waals surface area contributed by atoms with E-state index in [1.165, 1.54) is 0 Å². The van der Waals surface area contributed by atoms with Crippen LogP contribution in [0.1, 0.15) is 25.3 Å². The Balaban J connectivity index is 1.76. The second-order valence-corrected chi connectivity index (χ2v) is 10.4. The Labute approximate surface area is 161 Å². The molecule has 1 fully saturated rings. The molecule has 1 aromatic carbocycles. The van der Waals surface area contributed by atoms with Crippen LogP contribution in [0.5, 0.6) is 0 Å². The van der Waals surface area contributed by atoms with E-state index >= 15 is 0 Å². The summed E-state index contributed by atoms with van der Waals surface area (Å²) in [6.45, 7) is 3.48. The van der Waals surface area contributed by atoms with E-state index < -0.39 is 9.52 Å². The topological polar surface area (TPSA) is 49.7 Å². The predicted octanol–water partition coefficient (Wildman–Crippen LogP) is 3.20. The van der Waals surface area contributed by atoms with Gasteiger partial charge in [-0.1, -0.05) is 29.8 Å². The molecule has 0 radical (unpaired) electrons. The minimum atomic E-state index is -1.91. The molecule has 0 unspecified atom stereocenters. The van der Waals surface area contributed by atoms with Gasteiger partial charge < -0.3 is 4.90 Å². The van der Waals surface area contributed by atoms with Gasteiger partial charge in [0.15, 0.2) is 0 Å². The number of rotatable bonds is 5. The standard InChI is InChI=1S/C20H25ClN2O2S/c1-15-11-18(12-22-15)20(24)23(14-17-5-3-4-6-19(17)21)13-16-7-9-26(2,25)10-8-16/h3-6,11,16H,2,7-10,12-14H2,1H3. The second kappa shape index (κ2) is 7.97. The third kappa shape index (κ3) is 4.77. The van der Waals surface area contributed by atoms with Crippen LogP contribution < -0.4 is 0 Å². The SMILES string of the molecule is C=S1(=O)CCC(CN(Cc2ccccc2Cl)C(=O)C2=CC(C)=NC2)CC1. The van der Waals surface area contributed by atoms with Crippen molar-refractivity contribution in [2.45, 2.75) is 26.3 Å². The summed E-state index contributed by atoms with van der Waals surface area (Å²) in [4.78, 5) is 19.3. The molecule has 0 spiro atoms. The molecule has 1 aromatic rings. The fourth-order valence-electron chi connectivity index (χ4n) is 3.44. The second-order valence-electron chi connectivity index (χ2n) is 7.22. The van der Waals surface area contributed by atoms with E-state index in [0.29, 0.717) is 42.1 Å². The lowest BCUT2D eigenvalue weighted by Crippen LogP contribution is -2.38. The van der Waals surface area contributed by atoms with Crippen molar-refractivity contribution in [3.8, 4) is 0 Å². The zero-order valence-corrected chi connectivity index (χ0v) is 16.7. The maximum atomic E-state index is 13.1. The average molecular weight is 393 g/mol. The quantitative estimate of drug-likeness (QED) is 0.722. The van der Waals surface area contributed by atoms with Gasteiger partial charge in [0.1, 0.15) is 0 Å². The van der Waals surface area contributed by atoms with Crippen molar-refractivity contribution in [3.63, 3.8) is 0 Å². The summed E-state index contributed by atoms with van der Waals surface area (Å²) in [5, 5.41) is 0.669. The van der Waals surface area contributed by atoms with Crippen LogP contribution >= 0.6 is 11.6 Å². The Morgan fingerprint density at radius 3 is 2.65 bits per heavy atom. The van der Waals surface area contributed by atoms with Gasteiger partial charge in [-0.2, -0.15) is 0 Å². The lowest BCUT2D eigenvalue weighted by Gasteiger charge is -2.31. The van der Waals surface area contributed by atoms with E-state index in [4.69, 9.17) is 11.6 Å². The Hall–Kier alpha value is -1.59. The van der Waals surface area contributed by atoms with Gasteiger partial charge in [-0.05, 0) is 58.8 Å². The Kier molecular flexibility index (Phi) is 5.88. The van der Waals surface area contributed by atoms with Crippen molar-refractivity contribution >= 4 is 38.6 Å². The van der Waals surface area contributed by atoms with E-state index in [1.807, 2.05) is 42.2 Å². The number of aliphatic imine (C=N–C) groups is 1. The van der Waals surface area contributed by atoms with Crippen molar-refractivity contribution in [1.82, 2.24) is 4.90 Å². The lowest BCUT2D eigenvalue weighted by atomic mass is 10.0. The van der Waals surface area contributed by atoms with Crippen LogP contribution in [-0.2, 0) is 20.9 Å². The molecular formula is C20H25ClN2O2S. The molecule has 3 rings (SSSR count). The van der Waals surface area contributed by atoms with Gasteiger partial charge >= 0.3 is 0 Å². The summed E-state index contributed by atoms with van der Waals surface area (Å²) < 4.78 is 12.1. The van der Waals surface area contributed by atoms with Gasteiger partial charge in [0, 0.05) is 40.9 Å². The van der Waals surface area contributed by atoms with E-state index in [-0.39, 0.29) is 5.91 Å². The monoisotopic (exact) mass is 392 g/mol. The average Bonchev–Trinajstić information content (AvgIpc) is 3.03. The Morgan fingerprint density at radius 1 is 1.35 bits per heavy atom. The highest BCUT2D eigenvalue weighted by Gasteiger charge is 2.27. The summed E-state index contributed by atoms with van der Waals surface area (Å²) >= 11 is 6.31. The summed E-state index contributed by atoms with van der Waals surface area (Å²) in [7, 11) is -1.91. The highest BCUT2D eigenvalue weighted by molar-refractivity contribution is 8.00. The third-order valence-corrected chi connectivity index (χ3v) is 7.37. The number of halogens is 1. The molecule has 6 heteroatoms. The fourth-order valence-corrected chi connectivity index (χ4v) is 5.37. The molecule has 4 nitrogen and oxygen atoms in total. The normalized spacial score (nSPS) is 25.5. The lowest BCUT2D eigenvalue weighted by molar-refractivity contribution is -0.128. The zero-order valence-electron chi connectivity index (χ0n) is 15.1. The van der Waals surface area contributed by atoms with Gasteiger partial charge in [0.25, 0.3) is 5.91 Å². The van der Waals surface area contributed by atoms with Gasteiger partial charge in [0.2, 0.25) is 0 Å². The number of hydrogen-bond acceptors (Lipinski definition) is 3. The highest BCUT2D eigenvalue weighted by atomic mass is 35.5. The van der Waals surface area contributed by atoms with Crippen molar-refractivity contribution in [1.29, 1.82) is 0 Å². The number of carbonyl (C=O) groups excluding carboxylic acids is 1. The molecule has 1 amide bonds. The maximum absolute atomic E-state index is 13.1. The summed E-state index contributed by atoms with van der Waals surface area (Å²) in [5.41, 5.74) is 2.56. The zero-order chi connectivity index (χ0) is 18.7. The van der Waals surface area contributed by atoms with Gasteiger partial charge in [-0.3, -0.25) is 14.0 Å². The van der Waals surface area contributed by atoms with Gasteiger partial charge in [0.05, 0.1) is 6.54 Å². The van der Waals surface area contributed by atoms with Crippen LogP contribution in [0.3, 0.4) is 0 Å². The first-order valence-electron chi connectivity index (χ1n) is 8.91. The van der Waals surface area contributed by atoms with E-state index in [0.717, 1.165) is 29.7 Å². The Bertz CT molecular complexity index is 844. The first kappa shape index (κ1) is 19.2. The molecule has 140 valence electrons. The molecule has 2 aliphatic heterocycles. The molecule has 0 saturated carbocycles. The molecule has 1 saturated heterocycles. The van der Waals surface area contributed by atoms with E-state index in [9.17, 15) is 9.00 Å². The van der Waals surface area contributed by atoms with Crippen molar-refractivity contribution < 1.29 is 9.00 Å². The predicted molar refractivity (Wildman–Crippen MR) is 111 cm³/mol. The van der Waals surface area contributed by atoms with Crippen molar-refractivity contribution in [3.05, 3.63) is 46.5 Å². The number of hydrogen-bond donors (Lipinski definition) is 0. The van der Waals surface area contributed by atoms with Gasteiger partial charge in [-0.25, -0.2) is 0 Å². The number of amides is 1. The summed E-state index contributed by atoms with van der Waals surface area (Å²) in [6.07, 6.45) is 3.57. The first-order valence-corrected chi connectivity index (χ1v) is 11.4. The minimum absolute atomic E-state index is 0.0199. The van der Waals surface area contributed by atoms with E-state index in [2.05, 4.69) is 10.9 Å². The molecule has 0 atom stereocenters. The fraction of sp³-hybridized carbons (Fsp3) is 0.450. The van der Waals surface area contributed by atoms with Gasteiger partial charge in [-0.15, -0.1) is 0 Å². The largest absolute Gasteiger partial charge is 0.334 e. The van der Waals surface area contributed by atoms with Crippen LogP contribution in [0.15, 0.2) is 40.9 Å². The molecule has 2 heterocycles. The number of allylic oxidation sites excluding steroid dienone is 1. The van der Waals surface area contributed by atoms with Crippen molar-refractivity contribution in [2.24, 2.45) is 10.9 Å². The maximum Gasteiger partial charge on any atom is 0.252 e. The molecular weight excluding hydrogens is 368 g/mol. The number of benzene rings is 1. The minimum Gasteiger partial charge on any atom is -0.334 e. The number of nitrogens with zero attached hydrogens (tertiary/aromatic N) is 2. The molecule has 0 bridgehead atoms. The molecule has 26 heavy (non-hydrogen) atoms. The highest BCUT2D eigenvalue weighted by Crippen LogP contribution is 2.24.